The predicted molar refractivity (Wildman–Crippen MR) is 79.0 cm³/mol. The molecule has 0 saturated carbocycles. The Morgan fingerprint density at radius 1 is 1.05 bits per heavy atom. The van der Waals surface area contributed by atoms with Gasteiger partial charge in [0.25, 0.3) is 0 Å². The standard InChI is InChI=1S/C16H16N4/c1-12(16-17-7-4-8-18-16)19-10-13-9-14-5-2-3-6-15(14)20-11-13/h2-9,11-12,19H,10H2,1H3. The second-order valence-corrected chi connectivity index (χ2v) is 4.75. The van der Waals surface area contributed by atoms with Crippen LogP contribution in [-0.4, -0.2) is 15.0 Å². The second-order valence-electron chi connectivity index (χ2n) is 4.75. The Labute approximate surface area is 117 Å². The van der Waals surface area contributed by atoms with Crippen LogP contribution < -0.4 is 5.32 Å². The SMILES string of the molecule is CC(NCc1cnc2ccccc2c1)c1ncccn1. The molecule has 4 heteroatoms. The van der Waals surface area contributed by atoms with Crippen LogP contribution in [0.2, 0.25) is 0 Å². The fourth-order valence-corrected chi connectivity index (χ4v) is 2.11. The van der Waals surface area contributed by atoms with Crippen LogP contribution >= 0.6 is 0 Å². The molecule has 2 heterocycles. The van der Waals surface area contributed by atoms with Crippen molar-refractivity contribution in [3.8, 4) is 0 Å². The highest BCUT2D eigenvalue weighted by atomic mass is 15.0. The summed E-state index contributed by atoms with van der Waals surface area (Å²) in [6.07, 6.45) is 5.43. The number of hydrogen-bond acceptors (Lipinski definition) is 4. The van der Waals surface area contributed by atoms with E-state index < -0.39 is 0 Å². The van der Waals surface area contributed by atoms with Gasteiger partial charge in [-0.25, -0.2) is 9.97 Å². The number of nitrogens with one attached hydrogen (secondary N) is 1. The van der Waals surface area contributed by atoms with Gasteiger partial charge in [0.15, 0.2) is 0 Å². The van der Waals surface area contributed by atoms with Crippen molar-refractivity contribution in [2.24, 2.45) is 0 Å². The van der Waals surface area contributed by atoms with E-state index in [0.717, 1.165) is 28.8 Å². The Bertz CT molecular complexity index is 697. The smallest absolute Gasteiger partial charge is 0.144 e. The van der Waals surface area contributed by atoms with E-state index in [2.05, 4.69) is 39.3 Å². The van der Waals surface area contributed by atoms with E-state index in [1.54, 1.807) is 12.4 Å². The first-order chi connectivity index (χ1) is 9.83. The maximum Gasteiger partial charge on any atom is 0.144 e. The molecule has 1 unspecified atom stereocenters. The van der Waals surface area contributed by atoms with Crippen LogP contribution in [0.1, 0.15) is 24.4 Å². The number of pyridine rings is 1. The number of benzene rings is 1. The maximum absolute atomic E-state index is 4.46. The van der Waals surface area contributed by atoms with Gasteiger partial charge in [-0.1, -0.05) is 18.2 Å². The van der Waals surface area contributed by atoms with Crippen molar-refractivity contribution in [3.63, 3.8) is 0 Å². The Morgan fingerprint density at radius 3 is 2.70 bits per heavy atom. The summed E-state index contributed by atoms with van der Waals surface area (Å²) in [5.41, 5.74) is 2.18. The fraction of sp³-hybridized carbons (Fsp3) is 0.188. The molecule has 4 nitrogen and oxygen atoms in total. The van der Waals surface area contributed by atoms with Crippen LogP contribution in [0.3, 0.4) is 0 Å². The third-order valence-electron chi connectivity index (χ3n) is 3.23. The first-order valence-corrected chi connectivity index (χ1v) is 6.67. The van der Waals surface area contributed by atoms with E-state index in [1.165, 1.54) is 0 Å². The molecular formula is C16H16N4. The van der Waals surface area contributed by atoms with Crippen molar-refractivity contribution in [3.05, 3.63) is 66.4 Å². The number of hydrogen-bond donors (Lipinski definition) is 1. The van der Waals surface area contributed by atoms with Crippen molar-refractivity contribution in [1.29, 1.82) is 0 Å². The zero-order chi connectivity index (χ0) is 13.8. The topological polar surface area (TPSA) is 50.7 Å². The molecule has 0 fully saturated rings. The lowest BCUT2D eigenvalue weighted by atomic mass is 10.1. The molecule has 1 atom stereocenters. The molecule has 0 aliphatic rings. The Balaban J connectivity index is 1.70. The molecule has 20 heavy (non-hydrogen) atoms. The monoisotopic (exact) mass is 264 g/mol. The van der Waals surface area contributed by atoms with Gasteiger partial charge in [-0.2, -0.15) is 0 Å². The Kier molecular flexibility index (Phi) is 3.65. The third kappa shape index (κ3) is 2.81. The summed E-state index contributed by atoms with van der Waals surface area (Å²) in [7, 11) is 0. The van der Waals surface area contributed by atoms with Crippen molar-refractivity contribution in [1.82, 2.24) is 20.3 Å². The number of para-hydroxylation sites is 1. The molecule has 1 N–H and O–H groups in total. The molecule has 1 aromatic carbocycles. The van der Waals surface area contributed by atoms with Crippen LogP contribution in [-0.2, 0) is 6.54 Å². The van der Waals surface area contributed by atoms with E-state index in [1.807, 2.05) is 30.5 Å². The van der Waals surface area contributed by atoms with E-state index in [-0.39, 0.29) is 6.04 Å². The van der Waals surface area contributed by atoms with E-state index in [9.17, 15) is 0 Å². The normalized spacial score (nSPS) is 12.4. The van der Waals surface area contributed by atoms with Gasteiger partial charge >= 0.3 is 0 Å². The molecule has 0 saturated heterocycles. The van der Waals surface area contributed by atoms with Gasteiger partial charge in [-0.15, -0.1) is 0 Å². The summed E-state index contributed by atoms with van der Waals surface area (Å²) in [6.45, 7) is 2.81. The first kappa shape index (κ1) is 12.7. The molecule has 0 amide bonds. The van der Waals surface area contributed by atoms with Gasteiger partial charge in [0.1, 0.15) is 5.82 Å². The van der Waals surface area contributed by atoms with Crippen molar-refractivity contribution >= 4 is 10.9 Å². The lowest BCUT2D eigenvalue weighted by molar-refractivity contribution is 0.545. The van der Waals surface area contributed by atoms with Crippen molar-refractivity contribution in [2.45, 2.75) is 19.5 Å². The van der Waals surface area contributed by atoms with Crippen LogP contribution in [0.4, 0.5) is 0 Å². The fourth-order valence-electron chi connectivity index (χ4n) is 2.11. The van der Waals surface area contributed by atoms with Gasteiger partial charge in [0.05, 0.1) is 11.6 Å². The molecule has 3 rings (SSSR count). The summed E-state index contributed by atoms with van der Waals surface area (Å²) in [5, 5.41) is 4.58. The summed E-state index contributed by atoms with van der Waals surface area (Å²) in [4.78, 5) is 13.0. The van der Waals surface area contributed by atoms with E-state index in [0.29, 0.717) is 0 Å². The molecule has 0 radical (unpaired) electrons. The second kappa shape index (κ2) is 5.75. The zero-order valence-corrected chi connectivity index (χ0v) is 11.3. The molecule has 0 spiro atoms. The van der Waals surface area contributed by atoms with Gasteiger partial charge in [-0.05, 0) is 30.7 Å². The Hall–Kier alpha value is -2.33. The average Bonchev–Trinajstić information content (AvgIpc) is 2.53. The molecule has 0 aliphatic heterocycles. The minimum absolute atomic E-state index is 0.114. The van der Waals surface area contributed by atoms with Crippen LogP contribution in [0.25, 0.3) is 10.9 Å². The van der Waals surface area contributed by atoms with Crippen LogP contribution in [0, 0.1) is 0 Å². The molecule has 0 bridgehead atoms. The molecular weight excluding hydrogens is 248 g/mol. The third-order valence-corrected chi connectivity index (χ3v) is 3.23. The lowest BCUT2D eigenvalue weighted by Gasteiger charge is -2.12. The Morgan fingerprint density at radius 2 is 1.85 bits per heavy atom. The van der Waals surface area contributed by atoms with Crippen molar-refractivity contribution in [2.75, 3.05) is 0 Å². The van der Waals surface area contributed by atoms with Gasteiger partial charge in [0.2, 0.25) is 0 Å². The van der Waals surface area contributed by atoms with Crippen LogP contribution in [0.15, 0.2) is 55.0 Å². The van der Waals surface area contributed by atoms with Gasteiger partial charge in [-0.3, -0.25) is 4.98 Å². The maximum atomic E-state index is 4.46. The predicted octanol–water partition coefficient (Wildman–Crippen LogP) is 2.88. The minimum atomic E-state index is 0.114. The molecule has 100 valence electrons. The number of fused-ring (bicyclic) bond motifs is 1. The number of nitrogens with zero attached hydrogens (tertiary/aromatic N) is 3. The number of rotatable bonds is 4. The molecule has 3 aromatic rings. The summed E-state index contributed by atoms with van der Waals surface area (Å²) < 4.78 is 0. The van der Waals surface area contributed by atoms with E-state index in [4.69, 9.17) is 0 Å². The summed E-state index contributed by atoms with van der Waals surface area (Å²) >= 11 is 0. The highest BCUT2D eigenvalue weighted by Crippen LogP contribution is 2.13. The zero-order valence-electron chi connectivity index (χ0n) is 11.3. The summed E-state index contributed by atoms with van der Waals surface area (Å²) in [5.74, 6) is 0.807. The lowest BCUT2D eigenvalue weighted by Crippen LogP contribution is -2.20. The van der Waals surface area contributed by atoms with E-state index >= 15 is 0 Å². The van der Waals surface area contributed by atoms with Crippen molar-refractivity contribution < 1.29 is 0 Å². The average molecular weight is 264 g/mol. The van der Waals surface area contributed by atoms with Gasteiger partial charge < -0.3 is 5.32 Å². The highest BCUT2D eigenvalue weighted by Gasteiger charge is 2.07. The quantitative estimate of drug-likeness (QED) is 0.787. The van der Waals surface area contributed by atoms with Gasteiger partial charge in [0, 0.05) is 30.5 Å². The van der Waals surface area contributed by atoms with Crippen LogP contribution in [0.5, 0.6) is 0 Å². The highest BCUT2D eigenvalue weighted by molar-refractivity contribution is 5.78. The first-order valence-electron chi connectivity index (χ1n) is 6.67. The largest absolute Gasteiger partial charge is 0.303 e. The summed E-state index contributed by atoms with van der Waals surface area (Å²) in [6, 6.07) is 12.2. The molecule has 2 aromatic heterocycles. The minimum Gasteiger partial charge on any atom is -0.303 e. The number of aromatic nitrogens is 3. The molecule has 0 aliphatic carbocycles.